The number of nitrogens with one attached hydrogen (secondary N) is 4. The van der Waals surface area contributed by atoms with E-state index in [1.54, 1.807) is 105 Å². The number of carbonyl (C=O) groups excluding carboxylic acids is 5. The number of ether oxygens (including phenoxy) is 6. The Hall–Kier alpha value is -13.5. The minimum absolute atomic E-state index is 0.0479. The Morgan fingerprint density at radius 1 is 0.500 bits per heavy atom. The summed E-state index contributed by atoms with van der Waals surface area (Å²) in [5, 5.41) is 16.2. The normalized spacial score (nSPS) is 16.6. The SMILES string of the molecule is CC(=O)c1ccc(-c2ccc(CC(=O)C3(c4ccc5c(c4)OCO5)CC3)nc2C)cc1.CNS(=O)(=O)c1ccc(-c2cccc(NC(=O)C3(c4ccc(OC)cc4)CCOCC3)n2)cc1.O=C(Cc1cccc(-c2ccc(S(=O)(=O)NCCCn3ccnc3)cc2)n1)C1(c2ccc3c(c2)OCO3)CC1.O=C(Nc1cccc(-c2ccc(S(=O)(=O)N3CCC[C@@H]3CO)cc2)n1)C1(c2ccc(Cl)cc2)CCCCC1. The maximum atomic E-state index is 13.7. The number of fused-ring (bicyclic) bond motifs is 2. The minimum Gasteiger partial charge on any atom is -0.497 e. The molecule has 734 valence electrons. The van der Waals surface area contributed by atoms with Gasteiger partial charge in [-0.1, -0.05) is 152 Å². The molecule has 33 heteroatoms. The van der Waals surface area contributed by atoms with Crippen molar-refractivity contribution < 1.29 is 82.8 Å². The van der Waals surface area contributed by atoms with Gasteiger partial charge in [-0.05, 0) is 247 Å². The van der Waals surface area contributed by atoms with Crippen molar-refractivity contribution in [2.45, 2.75) is 166 Å². The molecular formula is C109H110ClN11O18S3. The lowest BCUT2D eigenvalue weighted by Crippen LogP contribution is -2.45. The number of carbonyl (C=O) groups is 5. The van der Waals surface area contributed by atoms with E-state index in [2.05, 4.69) is 35.0 Å². The van der Waals surface area contributed by atoms with E-state index in [1.807, 2.05) is 175 Å². The average molecular weight is 1990 g/mol. The highest BCUT2D eigenvalue weighted by atomic mass is 35.5. The molecule has 4 aliphatic heterocycles. The maximum absolute atomic E-state index is 13.7. The summed E-state index contributed by atoms with van der Waals surface area (Å²) in [5.74, 6) is 4.60. The van der Waals surface area contributed by atoms with E-state index in [1.165, 1.54) is 23.5 Å². The highest BCUT2D eigenvalue weighted by Gasteiger charge is 2.53. The van der Waals surface area contributed by atoms with Crippen LogP contribution in [-0.4, -0.2) is 160 Å². The molecule has 0 unspecified atom stereocenters. The molecule has 0 radical (unpaired) electrons. The Balaban J connectivity index is 0.000000131. The molecule has 2 amide bonds. The second kappa shape index (κ2) is 43.5. The van der Waals surface area contributed by atoms with E-state index >= 15 is 0 Å². The fourth-order valence-electron chi connectivity index (χ4n) is 19.0. The quantitative estimate of drug-likeness (QED) is 0.0199. The zero-order valence-electron chi connectivity index (χ0n) is 79.1. The Morgan fingerprint density at radius 3 is 1.49 bits per heavy atom. The second-order valence-corrected chi connectivity index (χ2v) is 42.3. The largest absolute Gasteiger partial charge is 0.497 e. The number of halogens is 1. The lowest BCUT2D eigenvalue weighted by molar-refractivity contribution is -0.125. The molecule has 5 fully saturated rings. The van der Waals surface area contributed by atoms with Crippen LogP contribution in [0.2, 0.25) is 5.02 Å². The number of Topliss-reactive ketones (excluding diaryl/α,β-unsaturated/α-hetero) is 3. The van der Waals surface area contributed by atoms with Gasteiger partial charge < -0.3 is 48.7 Å². The predicted octanol–water partition coefficient (Wildman–Crippen LogP) is 17.5. The van der Waals surface area contributed by atoms with E-state index in [9.17, 15) is 54.3 Å². The molecule has 9 heterocycles. The van der Waals surface area contributed by atoms with Crippen molar-refractivity contribution >= 4 is 82.5 Å². The Kier molecular flexibility index (Phi) is 30.6. The van der Waals surface area contributed by atoms with E-state index < -0.39 is 51.7 Å². The van der Waals surface area contributed by atoms with Gasteiger partial charge in [-0.3, -0.25) is 33.9 Å². The molecule has 142 heavy (non-hydrogen) atoms. The molecule has 5 aromatic heterocycles. The summed E-state index contributed by atoms with van der Waals surface area (Å²) in [5.41, 5.74) is 10.8. The van der Waals surface area contributed by atoms with Crippen LogP contribution >= 0.6 is 11.6 Å². The third-order valence-electron chi connectivity index (χ3n) is 27.5. The molecule has 1 atom stereocenters. The predicted molar refractivity (Wildman–Crippen MR) is 538 cm³/mol. The van der Waals surface area contributed by atoms with Crippen LogP contribution in [0.15, 0.2) is 282 Å². The van der Waals surface area contributed by atoms with Crippen molar-refractivity contribution in [3.63, 3.8) is 0 Å². The highest BCUT2D eigenvalue weighted by Crippen LogP contribution is 2.54. The number of sulfonamides is 3. The number of aryl methyl sites for hydroxylation is 2. The van der Waals surface area contributed by atoms with Gasteiger partial charge in [-0.15, -0.1) is 0 Å². The maximum Gasteiger partial charge on any atom is 0.243 e. The van der Waals surface area contributed by atoms with Gasteiger partial charge in [0.1, 0.15) is 29.0 Å². The van der Waals surface area contributed by atoms with Crippen molar-refractivity contribution in [1.29, 1.82) is 0 Å². The average Bonchev–Trinajstić information content (AvgIpc) is 1.59. The molecule has 3 saturated carbocycles. The first-order valence-corrected chi connectivity index (χ1v) is 52.2. The number of imidazole rings is 1. The number of nitrogens with zero attached hydrogens (tertiary/aromatic N) is 7. The van der Waals surface area contributed by atoms with Gasteiger partial charge in [0.2, 0.25) is 55.5 Å². The third kappa shape index (κ3) is 22.5. The molecule has 29 nitrogen and oxygen atoms in total. The number of pyridine rings is 4. The number of aromatic nitrogens is 6. The second-order valence-electron chi connectivity index (χ2n) is 36.3. The summed E-state index contributed by atoms with van der Waals surface area (Å²) in [6.07, 6.45) is 16.9. The molecule has 8 aromatic carbocycles. The smallest absolute Gasteiger partial charge is 0.243 e. The fraction of sp³-hybridized carbons (Fsp3) is 0.303. The number of aliphatic hydroxyl groups excluding tert-OH is 1. The number of ketones is 3. The van der Waals surface area contributed by atoms with Gasteiger partial charge in [-0.25, -0.2) is 49.6 Å². The van der Waals surface area contributed by atoms with Crippen LogP contribution in [0.25, 0.3) is 44.9 Å². The highest BCUT2D eigenvalue weighted by molar-refractivity contribution is 7.90. The Labute approximate surface area is 830 Å². The summed E-state index contributed by atoms with van der Waals surface area (Å²) < 4.78 is 116. The third-order valence-corrected chi connectivity index (χ3v) is 32.6. The number of anilines is 2. The van der Waals surface area contributed by atoms with Crippen LogP contribution in [0.4, 0.5) is 11.6 Å². The zero-order valence-corrected chi connectivity index (χ0v) is 82.3. The molecule has 0 spiro atoms. The fourth-order valence-corrected chi connectivity index (χ4v) is 22.6. The lowest BCUT2D eigenvalue weighted by Gasteiger charge is -2.36. The van der Waals surface area contributed by atoms with Crippen LogP contribution < -0.4 is 43.8 Å². The van der Waals surface area contributed by atoms with E-state index in [0.29, 0.717) is 127 Å². The van der Waals surface area contributed by atoms with Crippen molar-refractivity contribution in [3.05, 3.63) is 317 Å². The van der Waals surface area contributed by atoms with Crippen molar-refractivity contribution in [3.8, 4) is 73.6 Å². The molecule has 2 saturated heterocycles. The van der Waals surface area contributed by atoms with E-state index in [0.717, 1.165) is 137 Å². The number of methoxy groups -OCH3 is 1. The molecule has 20 rings (SSSR count). The van der Waals surface area contributed by atoms with Crippen LogP contribution in [-0.2, 0) is 95.0 Å². The summed E-state index contributed by atoms with van der Waals surface area (Å²) >= 11 is 6.11. The van der Waals surface area contributed by atoms with Gasteiger partial charge in [0, 0.05) is 114 Å². The van der Waals surface area contributed by atoms with Gasteiger partial charge in [-0.2, -0.15) is 4.31 Å². The lowest BCUT2D eigenvalue weighted by atomic mass is 9.68. The van der Waals surface area contributed by atoms with E-state index in [-0.39, 0.29) is 76.5 Å². The standard InChI is InChI=1S/C29H32ClN3O4S.C29H28N4O5S.C26H23NO4.C25H27N3O5S/c30-23-13-11-22(12-14-23)29(17-2-1-3-18-29)28(35)32-27-8-4-7-26(31-27)21-9-15-25(16-10-21)38(36,37)33-19-5-6-24(33)20-34;34-28(29(11-12-29)22-7-10-26-27(17-22)38-20-37-26)18-23-3-1-4-25(32-23)21-5-8-24(9-6-21)39(35,36)31-13-2-15-33-16-14-30-19-33;1-16-22(19-5-3-18(4-6-19)17(2)28)9-8-21(27-16)14-25(29)26(11-12-26)20-7-10-23-24(13-20)31-15-30-23;1-26-34(30,31)21-12-6-18(7-13-21)22-4-3-5-23(27-22)28-24(29)25(14-16-33-17-15-25)19-8-10-20(32-2)11-9-19/h4,7-16,24,34H,1-3,5-6,17-20H2,(H,31,32,35);1,3-10,14,16-17,19,31H,2,11-13,15,18,20H2;3-10,13H,11-12,14-15H2,1-2H3;3-13,26H,14-17H2,1-2H3,(H,27,28,29)/t24-;;;/m1.../s1. The van der Waals surface area contributed by atoms with Crippen LogP contribution in [0, 0.1) is 6.92 Å². The van der Waals surface area contributed by atoms with Crippen molar-refractivity contribution in [2.24, 2.45) is 0 Å². The first kappa shape index (κ1) is 100. The first-order chi connectivity index (χ1) is 68.6. The van der Waals surface area contributed by atoms with Gasteiger partial charge in [0.05, 0.1) is 73.5 Å². The molecule has 13 aromatic rings. The summed E-state index contributed by atoms with van der Waals surface area (Å²) in [7, 11) is -7.84. The van der Waals surface area contributed by atoms with Gasteiger partial charge >= 0.3 is 0 Å². The van der Waals surface area contributed by atoms with Crippen molar-refractivity contribution in [2.75, 3.05) is 71.3 Å². The van der Waals surface area contributed by atoms with Gasteiger partial charge in [0.25, 0.3) is 0 Å². The molecular weight excluding hydrogens is 1880 g/mol. The monoisotopic (exact) mass is 1990 g/mol. The summed E-state index contributed by atoms with van der Waals surface area (Å²) in [6, 6.07) is 73.7. The number of benzene rings is 8. The first-order valence-electron chi connectivity index (χ1n) is 47.4. The molecule has 5 N–H and O–H groups in total. The number of amides is 2. The molecule has 0 bridgehead atoms. The minimum atomic E-state index is -3.68. The Bertz CT molecular complexity index is 7130. The van der Waals surface area contributed by atoms with Crippen LogP contribution in [0.5, 0.6) is 28.7 Å². The summed E-state index contributed by atoms with van der Waals surface area (Å²) in [4.78, 5) is 88.6. The number of aliphatic hydroxyl groups is 1. The van der Waals surface area contributed by atoms with Crippen LogP contribution in [0.1, 0.15) is 147 Å². The number of hydrogen-bond donors (Lipinski definition) is 5. The number of hydrogen-bond acceptors (Lipinski definition) is 23. The zero-order chi connectivity index (χ0) is 99.4. The van der Waals surface area contributed by atoms with E-state index in [4.69, 9.17) is 50.0 Å². The Morgan fingerprint density at radius 2 is 0.986 bits per heavy atom. The summed E-state index contributed by atoms with van der Waals surface area (Å²) in [6.45, 7) is 6.17. The number of rotatable bonds is 31. The molecule has 3 aliphatic carbocycles. The topological polar surface area (TPSA) is 384 Å². The molecule has 7 aliphatic rings. The van der Waals surface area contributed by atoms with Crippen molar-refractivity contribution in [1.82, 2.24) is 43.2 Å². The van der Waals surface area contributed by atoms with Gasteiger partial charge in [0.15, 0.2) is 28.8 Å². The van der Waals surface area contributed by atoms with Crippen LogP contribution in [0.3, 0.4) is 0 Å².